The van der Waals surface area contributed by atoms with Crippen molar-refractivity contribution in [2.45, 2.75) is 20.0 Å². The zero-order valence-corrected chi connectivity index (χ0v) is 10.6. The second kappa shape index (κ2) is 5.51. The summed E-state index contributed by atoms with van der Waals surface area (Å²) in [7, 11) is 0. The van der Waals surface area contributed by atoms with Crippen LogP contribution in [-0.2, 0) is 17.9 Å². The van der Waals surface area contributed by atoms with Crippen LogP contribution in [-0.4, -0.2) is 15.7 Å². The van der Waals surface area contributed by atoms with E-state index >= 15 is 0 Å². The number of rotatable bonds is 5. The Morgan fingerprint density at radius 1 is 1.53 bits per heavy atom. The average Bonchev–Trinajstić information content (AvgIpc) is 2.77. The van der Waals surface area contributed by atoms with Crippen LogP contribution in [0.3, 0.4) is 0 Å². The fourth-order valence-corrected chi connectivity index (χ4v) is 1.74. The number of halogens is 1. The summed E-state index contributed by atoms with van der Waals surface area (Å²) in [5.41, 5.74) is 7.36. The van der Waals surface area contributed by atoms with Crippen molar-refractivity contribution in [3.8, 4) is 0 Å². The van der Waals surface area contributed by atoms with E-state index in [1.54, 1.807) is 24.5 Å². The van der Waals surface area contributed by atoms with Crippen LogP contribution >= 0.6 is 0 Å². The minimum atomic E-state index is -0.459. The lowest BCUT2D eigenvalue weighted by atomic mass is 10.1. The molecule has 2 rings (SSSR count). The number of carbonyl (C=O) groups is 1. The Kier molecular flexibility index (Phi) is 3.79. The topological polar surface area (TPSA) is 72.9 Å². The lowest BCUT2D eigenvalue weighted by molar-refractivity contribution is -0.118. The fraction of sp³-hybridized carbons (Fsp3) is 0.231. The van der Waals surface area contributed by atoms with Gasteiger partial charge in [0.2, 0.25) is 5.91 Å². The van der Waals surface area contributed by atoms with Crippen molar-refractivity contribution in [2.24, 2.45) is 5.73 Å². The Bertz CT molecular complexity index is 594. The van der Waals surface area contributed by atoms with Crippen LogP contribution in [0.2, 0.25) is 0 Å². The molecule has 0 radical (unpaired) electrons. The Labute approximate surface area is 110 Å². The van der Waals surface area contributed by atoms with Crippen molar-refractivity contribution < 1.29 is 9.18 Å². The maximum atomic E-state index is 13.5. The summed E-state index contributed by atoms with van der Waals surface area (Å²) in [5, 5.41) is 7.02. The van der Waals surface area contributed by atoms with Crippen molar-refractivity contribution in [3.63, 3.8) is 0 Å². The van der Waals surface area contributed by atoms with Gasteiger partial charge in [0.1, 0.15) is 12.4 Å². The van der Waals surface area contributed by atoms with Crippen LogP contribution in [0.4, 0.5) is 10.1 Å². The van der Waals surface area contributed by atoms with Crippen molar-refractivity contribution >= 4 is 11.6 Å². The summed E-state index contributed by atoms with van der Waals surface area (Å²) < 4.78 is 15.0. The maximum absolute atomic E-state index is 13.5. The summed E-state index contributed by atoms with van der Waals surface area (Å²) in [5.74, 6) is -0.706. The predicted octanol–water partition coefficient (Wildman–Crippen LogP) is 1.43. The number of aromatic nitrogens is 2. The standard InChI is InChI=1S/C13H15FN4O/c1-9-2-3-12(14)10(4-9)5-16-11-6-17-18(7-11)8-13(15)19/h2-4,6-7,16H,5,8H2,1H3,(H2,15,19). The third-order valence-electron chi connectivity index (χ3n) is 2.64. The van der Waals surface area contributed by atoms with Crippen LogP contribution in [0.25, 0.3) is 0 Å². The summed E-state index contributed by atoms with van der Waals surface area (Å²) in [6.07, 6.45) is 3.22. The van der Waals surface area contributed by atoms with E-state index in [0.29, 0.717) is 17.8 Å². The molecule has 0 unspecified atom stereocenters. The number of anilines is 1. The SMILES string of the molecule is Cc1ccc(F)c(CNc2cnn(CC(N)=O)c2)c1. The van der Waals surface area contributed by atoms with Crippen LogP contribution in [0.1, 0.15) is 11.1 Å². The van der Waals surface area contributed by atoms with E-state index in [-0.39, 0.29) is 12.4 Å². The van der Waals surface area contributed by atoms with Crippen LogP contribution in [0, 0.1) is 12.7 Å². The molecule has 19 heavy (non-hydrogen) atoms. The third-order valence-corrected chi connectivity index (χ3v) is 2.64. The lowest BCUT2D eigenvalue weighted by Crippen LogP contribution is -2.18. The Hall–Kier alpha value is -2.37. The second-order valence-electron chi connectivity index (χ2n) is 4.34. The van der Waals surface area contributed by atoms with E-state index in [2.05, 4.69) is 10.4 Å². The predicted molar refractivity (Wildman–Crippen MR) is 69.9 cm³/mol. The van der Waals surface area contributed by atoms with Crippen molar-refractivity contribution in [2.75, 3.05) is 5.32 Å². The van der Waals surface area contributed by atoms with Gasteiger partial charge in [0.05, 0.1) is 11.9 Å². The molecule has 2 aromatic rings. The highest BCUT2D eigenvalue weighted by Crippen LogP contribution is 2.13. The van der Waals surface area contributed by atoms with Crippen LogP contribution in [0.15, 0.2) is 30.6 Å². The van der Waals surface area contributed by atoms with Gasteiger partial charge in [-0.15, -0.1) is 0 Å². The molecule has 3 N–H and O–H groups in total. The highest BCUT2D eigenvalue weighted by atomic mass is 19.1. The second-order valence-corrected chi connectivity index (χ2v) is 4.34. The maximum Gasteiger partial charge on any atom is 0.239 e. The number of amides is 1. The number of nitrogens with two attached hydrogens (primary N) is 1. The van der Waals surface area contributed by atoms with Gasteiger partial charge in [-0.2, -0.15) is 5.10 Å². The summed E-state index contributed by atoms with van der Waals surface area (Å²) in [6.45, 7) is 2.30. The number of primary amides is 1. The molecule has 100 valence electrons. The first kappa shape index (κ1) is 13.1. The van der Waals surface area contributed by atoms with Gasteiger partial charge in [0, 0.05) is 18.3 Å². The Morgan fingerprint density at radius 3 is 3.05 bits per heavy atom. The molecule has 0 saturated carbocycles. The van der Waals surface area contributed by atoms with E-state index in [4.69, 9.17) is 5.73 Å². The molecule has 0 aliphatic rings. The number of carbonyl (C=O) groups excluding carboxylic acids is 1. The molecule has 1 aromatic heterocycles. The molecule has 6 heteroatoms. The minimum absolute atomic E-state index is 0.0283. The molecule has 0 fully saturated rings. The highest BCUT2D eigenvalue weighted by Gasteiger charge is 2.04. The van der Waals surface area contributed by atoms with Gasteiger partial charge in [0.15, 0.2) is 0 Å². The van der Waals surface area contributed by atoms with Gasteiger partial charge in [-0.3, -0.25) is 9.48 Å². The molecular weight excluding hydrogens is 247 g/mol. The van der Waals surface area contributed by atoms with E-state index < -0.39 is 5.91 Å². The van der Waals surface area contributed by atoms with Crippen molar-refractivity contribution in [3.05, 3.63) is 47.5 Å². The first-order chi connectivity index (χ1) is 9.04. The summed E-state index contributed by atoms with van der Waals surface area (Å²) in [6, 6.07) is 4.96. The lowest BCUT2D eigenvalue weighted by Gasteiger charge is -2.06. The molecule has 0 atom stereocenters. The molecule has 1 heterocycles. The third kappa shape index (κ3) is 3.54. The monoisotopic (exact) mass is 262 g/mol. The molecule has 1 aromatic carbocycles. The quantitative estimate of drug-likeness (QED) is 0.856. The molecule has 0 aliphatic heterocycles. The minimum Gasteiger partial charge on any atom is -0.378 e. The van der Waals surface area contributed by atoms with Gasteiger partial charge in [0.25, 0.3) is 0 Å². The summed E-state index contributed by atoms with van der Waals surface area (Å²) in [4.78, 5) is 10.7. The van der Waals surface area contributed by atoms with E-state index in [1.807, 2.05) is 6.92 Å². The van der Waals surface area contributed by atoms with Crippen molar-refractivity contribution in [1.29, 1.82) is 0 Å². The molecule has 0 saturated heterocycles. The number of hydrogen-bond donors (Lipinski definition) is 2. The number of nitrogens with one attached hydrogen (secondary N) is 1. The molecule has 1 amide bonds. The molecular formula is C13H15FN4O. The van der Waals surface area contributed by atoms with Gasteiger partial charge in [-0.25, -0.2) is 4.39 Å². The fourth-order valence-electron chi connectivity index (χ4n) is 1.74. The van der Waals surface area contributed by atoms with E-state index in [0.717, 1.165) is 5.56 Å². The van der Waals surface area contributed by atoms with Gasteiger partial charge in [-0.05, 0) is 13.0 Å². The van der Waals surface area contributed by atoms with Gasteiger partial charge < -0.3 is 11.1 Å². The first-order valence-electron chi connectivity index (χ1n) is 5.84. The Balaban J connectivity index is 2.00. The first-order valence-corrected chi connectivity index (χ1v) is 5.84. The molecule has 0 spiro atoms. The highest BCUT2D eigenvalue weighted by molar-refractivity contribution is 5.73. The average molecular weight is 262 g/mol. The largest absolute Gasteiger partial charge is 0.378 e. The number of aryl methyl sites for hydroxylation is 1. The van der Waals surface area contributed by atoms with E-state index in [1.165, 1.54) is 10.7 Å². The zero-order valence-electron chi connectivity index (χ0n) is 10.6. The number of benzene rings is 1. The van der Waals surface area contributed by atoms with Crippen LogP contribution < -0.4 is 11.1 Å². The Morgan fingerprint density at radius 2 is 2.32 bits per heavy atom. The number of hydrogen-bond acceptors (Lipinski definition) is 3. The molecule has 5 nitrogen and oxygen atoms in total. The van der Waals surface area contributed by atoms with Crippen LogP contribution in [0.5, 0.6) is 0 Å². The number of nitrogens with zero attached hydrogens (tertiary/aromatic N) is 2. The summed E-state index contributed by atoms with van der Waals surface area (Å²) >= 11 is 0. The van der Waals surface area contributed by atoms with E-state index in [9.17, 15) is 9.18 Å². The van der Waals surface area contributed by atoms with Gasteiger partial charge in [-0.1, -0.05) is 17.7 Å². The zero-order chi connectivity index (χ0) is 13.8. The molecule has 0 bridgehead atoms. The molecule has 0 aliphatic carbocycles. The smallest absolute Gasteiger partial charge is 0.239 e. The normalized spacial score (nSPS) is 10.4. The van der Waals surface area contributed by atoms with Gasteiger partial charge >= 0.3 is 0 Å². The van der Waals surface area contributed by atoms with Crippen molar-refractivity contribution in [1.82, 2.24) is 9.78 Å².